The molecule has 0 spiro atoms. The Bertz CT molecular complexity index is 547. The third-order valence-corrected chi connectivity index (χ3v) is 3.97. The number of hydrogen-bond acceptors (Lipinski definition) is 5. The van der Waals surface area contributed by atoms with Gasteiger partial charge in [0.05, 0.1) is 5.41 Å². The first-order chi connectivity index (χ1) is 9.82. The normalized spacial score (nSPS) is 18.1. The molecule has 5 nitrogen and oxygen atoms in total. The molecule has 0 saturated carbocycles. The average Bonchev–Trinajstić information content (AvgIpc) is 2.98. The molecule has 20 heavy (non-hydrogen) atoms. The Labute approximate surface area is 118 Å². The van der Waals surface area contributed by atoms with E-state index >= 15 is 0 Å². The van der Waals surface area contributed by atoms with Crippen molar-refractivity contribution >= 4 is 0 Å². The molecule has 2 aromatic rings. The third kappa shape index (κ3) is 2.59. The minimum absolute atomic E-state index is 0.208. The quantitative estimate of drug-likeness (QED) is 0.917. The van der Waals surface area contributed by atoms with Crippen molar-refractivity contribution < 1.29 is 9.26 Å². The third-order valence-electron chi connectivity index (χ3n) is 3.97. The molecule has 3 rings (SSSR count). The number of hydrogen-bond donors (Lipinski definition) is 1. The first-order valence-corrected chi connectivity index (χ1v) is 6.97. The molecule has 1 fully saturated rings. The van der Waals surface area contributed by atoms with Crippen LogP contribution in [0.1, 0.15) is 30.1 Å². The molecule has 1 aliphatic rings. The van der Waals surface area contributed by atoms with E-state index in [4.69, 9.17) is 15.0 Å². The van der Waals surface area contributed by atoms with E-state index in [-0.39, 0.29) is 5.41 Å². The van der Waals surface area contributed by atoms with Crippen LogP contribution in [0, 0.1) is 0 Å². The van der Waals surface area contributed by atoms with Gasteiger partial charge < -0.3 is 15.0 Å². The van der Waals surface area contributed by atoms with Crippen LogP contribution in [-0.2, 0) is 16.6 Å². The molecule has 0 amide bonds. The molecule has 1 aromatic heterocycles. The molecule has 1 aliphatic heterocycles. The van der Waals surface area contributed by atoms with Crippen LogP contribution in [0.5, 0.6) is 0 Å². The van der Waals surface area contributed by atoms with Crippen molar-refractivity contribution in [2.45, 2.75) is 24.7 Å². The van der Waals surface area contributed by atoms with E-state index in [0.29, 0.717) is 37.9 Å². The summed E-state index contributed by atoms with van der Waals surface area (Å²) in [5, 5.41) is 4.10. The predicted octanol–water partition coefficient (Wildman–Crippen LogP) is 1.67. The number of aromatic nitrogens is 2. The van der Waals surface area contributed by atoms with Crippen molar-refractivity contribution in [3.05, 3.63) is 47.6 Å². The van der Waals surface area contributed by atoms with Crippen LogP contribution in [0.3, 0.4) is 0 Å². The molecule has 106 valence electrons. The molecule has 2 N–H and O–H groups in total. The lowest BCUT2D eigenvalue weighted by molar-refractivity contribution is 0.0409. The van der Waals surface area contributed by atoms with Gasteiger partial charge in [-0.15, -0.1) is 0 Å². The van der Waals surface area contributed by atoms with E-state index < -0.39 is 0 Å². The molecular weight excluding hydrogens is 254 g/mol. The topological polar surface area (TPSA) is 74.2 Å². The highest BCUT2D eigenvalue weighted by Gasteiger charge is 2.38. The minimum Gasteiger partial charge on any atom is -0.381 e. The van der Waals surface area contributed by atoms with Gasteiger partial charge in [-0.05, 0) is 18.4 Å². The first kappa shape index (κ1) is 13.3. The zero-order valence-electron chi connectivity index (χ0n) is 11.4. The Morgan fingerprint density at radius 3 is 2.60 bits per heavy atom. The van der Waals surface area contributed by atoms with Crippen LogP contribution in [0.15, 0.2) is 34.9 Å². The fourth-order valence-corrected chi connectivity index (χ4v) is 2.59. The van der Waals surface area contributed by atoms with Crippen LogP contribution >= 0.6 is 0 Å². The van der Waals surface area contributed by atoms with Gasteiger partial charge in [-0.2, -0.15) is 4.98 Å². The van der Waals surface area contributed by atoms with Gasteiger partial charge in [-0.3, -0.25) is 0 Å². The van der Waals surface area contributed by atoms with Crippen LogP contribution in [0.25, 0.3) is 0 Å². The van der Waals surface area contributed by atoms with Gasteiger partial charge in [0.25, 0.3) is 0 Å². The Morgan fingerprint density at radius 1 is 1.15 bits per heavy atom. The molecule has 0 aliphatic carbocycles. The van der Waals surface area contributed by atoms with E-state index in [1.54, 1.807) is 0 Å². The van der Waals surface area contributed by atoms with Crippen LogP contribution in [0.4, 0.5) is 0 Å². The summed E-state index contributed by atoms with van der Waals surface area (Å²) >= 11 is 0. The SMILES string of the molecule is NCC1(c2nc(Cc3ccccc3)no2)CCOCC1. The van der Waals surface area contributed by atoms with Crippen molar-refractivity contribution in [3.8, 4) is 0 Å². The molecule has 1 saturated heterocycles. The summed E-state index contributed by atoms with van der Waals surface area (Å²) in [5.74, 6) is 1.37. The molecule has 0 radical (unpaired) electrons. The summed E-state index contributed by atoms with van der Waals surface area (Å²) in [6.07, 6.45) is 2.37. The highest BCUT2D eigenvalue weighted by molar-refractivity contribution is 5.19. The second-order valence-corrected chi connectivity index (χ2v) is 5.27. The van der Waals surface area contributed by atoms with Crippen molar-refractivity contribution in [2.75, 3.05) is 19.8 Å². The molecule has 0 unspecified atom stereocenters. The maximum absolute atomic E-state index is 5.95. The summed E-state index contributed by atoms with van der Waals surface area (Å²) in [6, 6.07) is 10.1. The smallest absolute Gasteiger partial charge is 0.234 e. The second-order valence-electron chi connectivity index (χ2n) is 5.27. The first-order valence-electron chi connectivity index (χ1n) is 6.97. The Kier molecular flexibility index (Phi) is 3.80. The lowest BCUT2D eigenvalue weighted by Crippen LogP contribution is -2.40. The Balaban J connectivity index is 1.79. The standard InChI is InChI=1S/C15H19N3O2/c16-11-15(6-8-19-9-7-15)14-17-13(18-20-14)10-12-4-2-1-3-5-12/h1-5H,6-11,16H2. The van der Waals surface area contributed by atoms with Crippen molar-refractivity contribution in [1.82, 2.24) is 10.1 Å². The van der Waals surface area contributed by atoms with E-state index in [1.807, 2.05) is 18.2 Å². The van der Waals surface area contributed by atoms with Crippen LogP contribution in [0.2, 0.25) is 0 Å². The molecule has 0 bridgehead atoms. The molecule has 5 heteroatoms. The van der Waals surface area contributed by atoms with Crippen LogP contribution in [-0.4, -0.2) is 29.9 Å². The highest BCUT2D eigenvalue weighted by atomic mass is 16.5. The average molecular weight is 273 g/mol. The van der Waals surface area contributed by atoms with E-state index in [2.05, 4.69) is 22.3 Å². The molecule has 0 atom stereocenters. The van der Waals surface area contributed by atoms with Crippen LogP contribution < -0.4 is 5.73 Å². The zero-order chi connectivity index (χ0) is 13.8. The fraction of sp³-hybridized carbons (Fsp3) is 0.467. The number of rotatable bonds is 4. The fourth-order valence-electron chi connectivity index (χ4n) is 2.59. The van der Waals surface area contributed by atoms with Gasteiger partial charge >= 0.3 is 0 Å². The Morgan fingerprint density at radius 2 is 1.90 bits per heavy atom. The minimum atomic E-state index is -0.208. The molecule has 2 heterocycles. The maximum atomic E-state index is 5.95. The summed E-state index contributed by atoms with van der Waals surface area (Å²) in [5.41, 5.74) is 6.92. The molecule has 1 aromatic carbocycles. The Hall–Kier alpha value is -1.72. The number of nitrogens with two attached hydrogens (primary N) is 1. The number of ether oxygens (including phenoxy) is 1. The second kappa shape index (κ2) is 5.73. The van der Waals surface area contributed by atoms with Crippen molar-refractivity contribution in [1.29, 1.82) is 0 Å². The number of benzene rings is 1. The van der Waals surface area contributed by atoms with Gasteiger partial charge in [-0.1, -0.05) is 35.5 Å². The molecular formula is C15H19N3O2. The van der Waals surface area contributed by atoms with Gasteiger partial charge in [-0.25, -0.2) is 0 Å². The van der Waals surface area contributed by atoms with Gasteiger partial charge in [0.1, 0.15) is 0 Å². The predicted molar refractivity (Wildman–Crippen MR) is 74.3 cm³/mol. The van der Waals surface area contributed by atoms with E-state index in [9.17, 15) is 0 Å². The summed E-state index contributed by atoms with van der Waals surface area (Å²) in [4.78, 5) is 4.56. The zero-order valence-corrected chi connectivity index (χ0v) is 11.4. The highest BCUT2D eigenvalue weighted by Crippen LogP contribution is 2.32. The monoisotopic (exact) mass is 273 g/mol. The maximum Gasteiger partial charge on any atom is 0.234 e. The van der Waals surface area contributed by atoms with E-state index in [1.165, 1.54) is 5.56 Å². The number of nitrogens with zero attached hydrogens (tertiary/aromatic N) is 2. The van der Waals surface area contributed by atoms with Gasteiger partial charge in [0.2, 0.25) is 5.89 Å². The summed E-state index contributed by atoms with van der Waals surface area (Å²) in [6.45, 7) is 1.92. The van der Waals surface area contributed by atoms with Crippen molar-refractivity contribution in [3.63, 3.8) is 0 Å². The summed E-state index contributed by atoms with van der Waals surface area (Å²) < 4.78 is 10.9. The summed E-state index contributed by atoms with van der Waals surface area (Å²) in [7, 11) is 0. The van der Waals surface area contributed by atoms with Gasteiger partial charge in [0, 0.05) is 26.2 Å². The van der Waals surface area contributed by atoms with Gasteiger partial charge in [0.15, 0.2) is 5.82 Å². The van der Waals surface area contributed by atoms with Crippen molar-refractivity contribution in [2.24, 2.45) is 5.73 Å². The largest absolute Gasteiger partial charge is 0.381 e. The lowest BCUT2D eigenvalue weighted by Gasteiger charge is -2.32. The lowest BCUT2D eigenvalue weighted by atomic mass is 9.80. The van der Waals surface area contributed by atoms with E-state index in [0.717, 1.165) is 12.8 Å².